The lowest BCUT2D eigenvalue weighted by atomic mass is 10.3. The highest BCUT2D eigenvalue weighted by atomic mass is 127. The maximum atomic E-state index is 5.47. The van der Waals surface area contributed by atoms with Gasteiger partial charge in [-0.2, -0.15) is 0 Å². The molecule has 25 heavy (non-hydrogen) atoms. The Kier molecular flexibility index (Phi) is 11.5. The van der Waals surface area contributed by atoms with E-state index in [4.69, 9.17) is 9.47 Å². The quantitative estimate of drug-likeness (QED) is 0.273. The smallest absolute Gasteiger partial charge is 0.193 e. The van der Waals surface area contributed by atoms with E-state index < -0.39 is 0 Å². The second-order valence-electron chi connectivity index (χ2n) is 5.59. The van der Waals surface area contributed by atoms with Gasteiger partial charge in [0.2, 0.25) is 0 Å². The second-order valence-corrected chi connectivity index (χ2v) is 5.59. The fourth-order valence-corrected chi connectivity index (χ4v) is 2.64. The van der Waals surface area contributed by atoms with E-state index in [2.05, 4.69) is 31.2 Å². The zero-order valence-corrected chi connectivity index (χ0v) is 17.5. The van der Waals surface area contributed by atoms with Crippen LogP contribution in [-0.2, 0) is 9.47 Å². The Morgan fingerprint density at radius 3 is 2.64 bits per heavy atom. The monoisotopic (exact) mass is 463 g/mol. The number of nitrogens with one attached hydrogen (secondary N) is 1. The normalized spacial score (nSPS) is 15.0. The Morgan fingerprint density at radius 2 is 2.00 bits per heavy atom. The fraction of sp³-hybridized carbons (Fsp3) is 0.647. The van der Waals surface area contributed by atoms with Crippen LogP contribution in [0.4, 0.5) is 5.82 Å². The van der Waals surface area contributed by atoms with Crippen molar-refractivity contribution >= 4 is 35.8 Å². The van der Waals surface area contributed by atoms with Gasteiger partial charge in [0, 0.05) is 59.7 Å². The maximum absolute atomic E-state index is 5.47. The molecule has 0 bridgehead atoms. The summed E-state index contributed by atoms with van der Waals surface area (Å²) in [6.07, 6.45) is 2.80. The molecule has 0 atom stereocenters. The summed E-state index contributed by atoms with van der Waals surface area (Å²) >= 11 is 0. The van der Waals surface area contributed by atoms with E-state index in [1.54, 1.807) is 7.11 Å². The Hall–Kier alpha value is -1.13. The summed E-state index contributed by atoms with van der Waals surface area (Å²) in [5, 5.41) is 3.42. The molecule has 1 aliphatic rings. The molecule has 0 aliphatic carbocycles. The molecule has 1 aromatic rings. The number of guanidine groups is 1. The van der Waals surface area contributed by atoms with Crippen molar-refractivity contribution in [3.63, 3.8) is 0 Å². The van der Waals surface area contributed by atoms with E-state index in [1.807, 2.05) is 25.4 Å². The van der Waals surface area contributed by atoms with Crippen LogP contribution in [0.25, 0.3) is 0 Å². The molecule has 0 spiro atoms. The number of pyridine rings is 1. The molecule has 0 saturated carbocycles. The van der Waals surface area contributed by atoms with Gasteiger partial charge < -0.3 is 24.6 Å². The minimum Gasteiger partial charge on any atom is -0.382 e. The Balaban J connectivity index is 0.00000312. The van der Waals surface area contributed by atoms with Crippen molar-refractivity contribution < 1.29 is 9.47 Å². The average molecular weight is 463 g/mol. The van der Waals surface area contributed by atoms with Crippen molar-refractivity contribution in [1.29, 1.82) is 0 Å². The SMILES string of the molecule is CN=C(NCCCOCCOC)N1CCN(c2ccccn2)CC1.I. The van der Waals surface area contributed by atoms with E-state index in [1.165, 1.54) is 0 Å². The third kappa shape index (κ3) is 7.74. The van der Waals surface area contributed by atoms with Crippen LogP contribution < -0.4 is 10.2 Å². The van der Waals surface area contributed by atoms with Crippen molar-refractivity contribution in [1.82, 2.24) is 15.2 Å². The van der Waals surface area contributed by atoms with E-state index >= 15 is 0 Å². The van der Waals surface area contributed by atoms with E-state index in [0.717, 1.165) is 57.5 Å². The number of aromatic nitrogens is 1. The molecule has 1 aromatic heterocycles. The molecule has 1 fully saturated rings. The number of halogens is 1. The van der Waals surface area contributed by atoms with Crippen LogP contribution in [0.15, 0.2) is 29.4 Å². The maximum Gasteiger partial charge on any atom is 0.193 e. The van der Waals surface area contributed by atoms with E-state index in [-0.39, 0.29) is 24.0 Å². The predicted molar refractivity (Wildman–Crippen MR) is 112 cm³/mol. The van der Waals surface area contributed by atoms with Gasteiger partial charge in [-0.25, -0.2) is 4.98 Å². The van der Waals surface area contributed by atoms with Crippen LogP contribution in [0, 0.1) is 0 Å². The van der Waals surface area contributed by atoms with Crippen LogP contribution >= 0.6 is 24.0 Å². The van der Waals surface area contributed by atoms with Gasteiger partial charge in [-0.3, -0.25) is 4.99 Å². The molecule has 0 unspecified atom stereocenters. The molecule has 7 nitrogen and oxygen atoms in total. The third-order valence-electron chi connectivity index (χ3n) is 3.94. The minimum atomic E-state index is 0. The Labute approximate surface area is 167 Å². The van der Waals surface area contributed by atoms with Crippen molar-refractivity contribution in [2.24, 2.45) is 4.99 Å². The molecule has 0 amide bonds. The summed E-state index contributed by atoms with van der Waals surface area (Å²) < 4.78 is 10.4. The van der Waals surface area contributed by atoms with Gasteiger partial charge in [-0.05, 0) is 18.6 Å². The minimum absolute atomic E-state index is 0. The van der Waals surface area contributed by atoms with Crippen molar-refractivity contribution in [2.75, 3.05) is 71.6 Å². The zero-order valence-electron chi connectivity index (χ0n) is 15.2. The Morgan fingerprint density at radius 1 is 1.20 bits per heavy atom. The largest absolute Gasteiger partial charge is 0.382 e. The topological polar surface area (TPSA) is 62.2 Å². The first-order valence-corrected chi connectivity index (χ1v) is 8.53. The molecule has 1 aliphatic heterocycles. The second kappa shape index (κ2) is 13.1. The number of anilines is 1. The lowest BCUT2D eigenvalue weighted by Crippen LogP contribution is -2.52. The first-order valence-electron chi connectivity index (χ1n) is 8.53. The number of methoxy groups -OCH3 is 1. The number of rotatable bonds is 8. The molecule has 1 saturated heterocycles. The zero-order chi connectivity index (χ0) is 17.0. The van der Waals surface area contributed by atoms with Crippen LogP contribution in [0.1, 0.15) is 6.42 Å². The highest BCUT2D eigenvalue weighted by Crippen LogP contribution is 2.12. The molecular weight excluding hydrogens is 433 g/mol. The number of aliphatic imine (C=N–C) groups is 1. The molecule has 2 heterocycles. The first kappa shape index (κ1) is 21.9. The number of hydrogen-bond donors (Lipinski definition) is 1. The summed E-state index contributed by atoms with van der Waals surface area (Å²) in [5.41, 5.74) is 0. The highest BCUT2D eigenvalue weighted by Gasteiger charge is 2.19. The van der Waals surface area contributed by atoms with Crippen LogP contribution in [0.3, 0.4) is 0 Å². The van der Waals surface area contributed by atoms with E-state index in [9.17, 15) is 0 Å². The third-order valence-corrected chi connectivity index (χ3v) is 3.94. The van der Waals surface area contributed by atoms with Crippen LogP contribution in [0.2, 0.25) is 0 Å². The first-order chi connectivity index (χ1) is 11.8. The van der Waals surface area contributed by atoms with Gasteiger partial charge in [-0.1, -0.05) is 6.07 Å². The molecular formula is C17H30IN5O2. The molecule has 142 valence electrons. The summed E-state index contributed by atoms with van der Waals surface area (Å²) in [4.78, 5) is 13.4. The molecule has 8 heteroatoms. The van der Waals surface area contributed by atoms with Gasteiger partial charge >= 0.3 is 0 Å². The summed E-state index contributed by atoms with van der Waals surface area (Å²) in [6, 6.07) is 6.04. The molecule has 0 aromatic carbocycles. The summed E-state index contributed by atoms with van der Waals surface area (Å²) in [7, 11) is 3.52. The summed E-state index contributed by atoms with van der Waals surface area (Å²) in [5.74, 6) is 2.01. The molecule has 2 rings (SSSR count). The van der Waals surface area contributed by atoms with Gasteiger partial charge in [0.15, 0.2) is 5.96 Å². The van der Waals surface area contributed by atoms with Crippen LogP contribution in [0.5, 0.6) is 0 Å². The predicted octanol–water partition coefficient (Wildman–Crippen LogP) is 1.45. The van der Waals surface area contributed by atoms with Gasteiger partial charge in [0.05, 0.1) is 13.2 Å². The van der Waals surface area contributed by atoms with Gasteiger partial charge in [0.1, 0.15) is 5.82 Å². The number of piperazine rings is 1. The van der Waals surface area contributed by atoms with Crippen molar-refractivity contribution in [3.8, 4) is 0 Å². The number of ether oxygens (including phenoxy) is 2. The average Bonchev–Trinajstić information content (AvgIpc) is 2.65. The Bertz CT molecular complexity index is 481. The standard InChI is InChI=1S/C17H29N5O2.HI/c1-18-17(20-8-5-13-24-15-14-23-2)22-11-9-21(10-12-22)16-6-3-4-7-19-16;/h3-4,6-7H,5,8-15H2,1-2H3,(H,18,20);1H. The van der Waals surface area contributed by atoms with E-state index in [0.29, 0.717) is 13.2 Å². The number of nitrogens with zero attached hydrogens (tertiary/aromatic N) is 4. The van der Waals surface area contributed by atoms with Gasteiger partial charge in [0.25, 0.3) is 0 Å². The fourth-order valence-electron chi connectivity index (χ4n) is 2.64. The molecule has 1 N–H and O–H groups in total. The van der Waals surface area contributed by atoms with Crippen molar-refractivity contribution in [2.45, 2.75) is 6.42 Å². The lowest BCUT2D eigenvalue weighted by molar-refractivity contribution is 0.0698. The lowest BCUT2D eigenvalue weighted by Gasteiger charge is -2.37. The van der Waals surface area contributed by atoms with Gasteiger partial charge in [-0.15, -0.1) is 24.0 Å². The summed E-state index contributed by atoms with van der Waals surface area (Å²) in [6.45, 7) is 6.70. The number of hydrogen-bond acceptors (Lipinski definition) is 5. The van der Waals surface area contributed by atoms with Crippen molar-refractivity contribution in [3.05, 3.63) is 24.4 Å². The molecule has 0 radical (unpaired) electrons. The highest BCUT2D eigenvalue weighted by molar-refractivity contribution is 14.0. The van der Waals surface area contributed by atoms with Crippen LogP contribution in [-0.4, -0.2) is 82.5 Å².